The highest BCUT2D eigenvalue weighted by Gasteiger charge is 2.23. The lowest BCUT2D eigenvalue weighted by molar-refractivity contribution is 0.0655. The molecule has 0 saturated carbocycles. The third-order valence-electron chi connectivity index (χ3n) is 4.23. The van der Waals surface area contributed by atoms with Crippen LogP contribution in [0.15, 0.2) is 42.6 Å². The van der Waals surface area contributed by atoms with Gasteiger partial charge in [0.25, 0.3) is 5.91 Å². The first-order valence-corrected chi connectivity index (χ1v) is 8.29. The van der Waals surface area contributed by atoms with Crippen molar-refractivity contribution >= 4 is 5.91 Å². The van der Waals surface area contributed by atoms with Crippen LogP contribution in [0.2, 0.25) is 0 Å². The monoisotopic (exact) mass is 325 g/mol. The molecule has 1 aliphatic rings. The summed E-state index contributed by atoms with van der Waals surface area (Å²) in [6.07, 6.45) is 1.72. The van der Waals surface area contributed by atoms with Gasteiger partial charge < -0.3 is 15.0 Å². The summed E-state index contributed by atoms with van der Waals surface area (Å²) in [5.41, 5.74) is 2.65. The van der Waals surface area contributed by atoms with E-state index < -0.39 is 0 Å². The average molecular weight is 325 g/mol. The highest BCUT2D eigenvalue weighted by Crippen LogP contribution is 2.15. The summed E-state index contributed by atoms with van der Waals surface area (Å²) in [4.78, 5) is 18.9. The van der Waals surface area contributed by atoms with Crippen LogP contribution in [-0.2, 0) is 6.61 Å². The second kappa shape index (κ2) is 7.45. The van der Waals surface area contributed by atoms with Crippen molar-refractivity contribution in [2.75, 3.05) is 19.6 Å². The van der Waals surface area contributed by atoms with Crippen LogP contribution < -0.4 is 10.1 Å². The van der Waals surface area contributed by atoms with Gasteiger partial charge in [-0.05, 0) is 43.7 Å². The Balaban J connectivity index is 1.67. The maximum atomic E-state index is 12.7. The third-order valence-corrected chi connectivity index (χ3v) is 4.23. The lowest BCUT2D eigenvalue weighted by Gasteiger charge is -2.34. The fourth-order valence-electron chi connectivity index (χ4n) is 2.81. The molecule has 24 heavy (non-hydrogen) atoms. The first-order valence-electron chi connectivity index (χ1n) is 8.29. The van der Waals surface area contributed by atoms with Crippen molar-refractivity contribution < 1.29 is 9.53 Å². The van der Waals surface area contributed by atoms with E-state index in [9.17, 15) is 4.79 Å². The number of carbonyl (C=O) groups is 1. The van der Waals surface area contributed by atoms with Crippen LogP contribution in [0.25, 0.3) is 0 Å². The van der Waals surface area contributed by atoms with Crippen LogP contribution in [0.5, 0.6) is 5.75 Å². The van der Waals surface area contributed by atoms with E-state index in [0.717, 1.165) is 36.6 Å². The Morgan fingerprint density at radius 2 is 2.25 bits per heavy atom. The van der Waals surface area contributed by atoms with Gasteiger partial charge in [0, 0.05) is 36.9 Å². The molecule has 5 nitrogen and oxygen atoms in total. The molecule has 0 radical (unpaired) electrons. The second-order valence-corrected chi connectivity index (χ2v) is 6.18. The van der Waals surface area contributed by atoms with Gasteiger partial charge in [0.05, 0.1) is 6.20 Å². The number of carbonyl (C=O) groups excluding carboxylic acids is 1. The number of nitrogens with one attached hydrogen (secondary N) is 1. The topological polar surface area (TPSA) is 54.5 Å². The van der Waals surface area contributed by atoms with Gasteiger partial charge in [0.15, 0.2) is 0 Å². The van der Waals surface area contributed by atoms with Gasteiger partial charge in [-0.1, -0.05) is 12.1 Å². The molecule has 1 aliphatic heterocycles. The van der Waals surface area contributed by atoms with E-state index in [2.05, 4.69) is 17.2 Å². The van der Waals surface area contributed by atoms with Crippen LogP contribution in [0.3, 0.4) is 0 Å². The summed E-state index contributed by atoms with van der Waals surface area (Å²) in [7, 11) is 0. The molecule has 1 N–H and O–H groups in total. The smallest absolute Gasteiger partial charge is 0.254 e. The number of benzene rings is 1. The Bertz CT molecular complexity index is 700. The van der Waals surface area contributed by atoms with Crippen molar-refractivity contribution in [3.63, 3.8) is 0 Å². The van der Waals surface area contributed by atoms with E-state index in [1.165, 1.54) is 0 Å². The Hall–Kier alpha value is -2.40. The molecule has 0 spiro atoms. The van der Waals surface area contributed by atoms with Gasteiger partial charge >= 0.3 is 0 Å². The summed E-state index contributed by atoms with van der Waals surface area (Å²) in [5, 5.41) is 3.30. The highest BCUT2D eigenvalue weighted by molar-refractivity contribution is 5.94. The normalized spacial score (nSPS) is 17.6. The maximum Gasteiger partial charge on any atom is 0.254 e. The van der Waals surface area contributed by atoms with E-state index >= 15 is 0 Å². The third kappa shape index (κ3) is 3.92. The molecule has 1 fully saturated rings. The first kappa shape index (κ1) is 16.5. The van der Waals surface area contributed by atoms with Crippen molar-refractivity contribution in [2.24, 2.45) is 0 Å². The van der Waals surface area contributed by atoms with Crippen LogP contribution in [0.4, 0.5) is 0 Å². The zero-order valence-electron chi connectivity index (χ0n) is 14.2. The zero-order chi connectivity index (χ0) is 16.9. The van der Waals surface area contributed by atoms with Crippen LogP contribution >= 0.6 is 0 Å². The Labute approximate surface area is 142 Å². The number of hydrogen-bond donors (Lipinski definition) is 1. The number of aryl methyl sites for hydroxylation is 1. The fourth-order valence-corrected chi connectivity index (χ4v) is 2.81. The van der Waals surface area contributed by atoms with E-state index in [1.807, 2.05) is 48.2 Å². The molecule has 1 atom stereocenters. The molecule has 2 aromatic rings. The van der Waals surface area contributed by atoms with Gasteiger partial charge in [0.2, 0.25) is 0 Å². The largest absolute Gasteiger partial charge is 0.487 e. The molecule has 0 bridgehead atoms. The Morgan fingerprint density at radius 3 is 3.00 bits per heavy atom. The molecule has 0 unspecified atom stereocenters. The van der Waals surface area contributed by atoms with Crippen LogP contribution in [-0.4, -0.2) is 41.5 Å². The molecule has 5 heteroatoms. The summed E-state index contributed by atoms with van der Waals surface area (Å²) in [6, 6.07) is 11.7. The fraction of sp³-hybridized carbons (Fsp3) is 0.368. The summed E-state index contributed by atoms with van der Waals surface area (Å²) >= 11 is 0. The minimum Gasteiger partial charge on any atom is -0.487 e. The van der Waals surface area contributed by atoms with E-state index in [-0.39, 0.29) is 11.9 Å². The zero-order valence-corrected chi connectivity index (χ0v) is 14.2. The second-order valence-electron chi connectivity index (χ2n) is 6.18. The molecule has 1 amide bonds. The minimum atomic E-state index is 0.0860. The van der Waals surface area contributed by atoms with E-state index in [0.29, 0.717) is 12.2 Å². The van der Waals surface area contributed by atoms with E-state index in [1.54, 1.807) is 6.20 Å². The molecular formula is C19H23N3O2. The number of pyridine rings is 1. The van der Waals surface area contributed by atoms with E-state index in [4.69, 9.17) is 4.74 Å². The van der Waals surface area contributed by atoms with Gasteiger partial charge in [0.1, 0.15) is 12.4 Å². The molecular weight excluding hydrogens is 302 g/mol. The number of amides is 1. The number of aromatic nitrogens is 1. The van der Waals surface area contributed by atoms with Gasteiger partial charge in [-0.25, -0.2) is 0 Å². The van der Waals surface area contributed by atoms with Gasteiger partial charge in [-0.2, -0.15) is 0 Å². The van der Waals surface area contributed by atoms with Gasteiger partial charge in [-0.3, -0.25) is 9.78 Å². The molecule has 126 valence electrons. The maximum absolute atomic E-state index is 12.7. The molecule has 1 aromatic carbocycles. The number of ether oxygens (including phenoxy) is 1. The van der Waals surface area contributed by atoms with Crippen LogP contribution in [0.1, 0.15) is 28.5 Å². The Kier molecular flexibility index (Phi) is 5.11. The standard InChI is InChI=1S/C19H23N3O2/c1-14-6-7-18(12-21-14)24-13-16-4-3-5-17(10-16)19(23)22-9-8-20-11-15(22)2/h3-7,10,12,15,20H,8-9,11,13H2,1-2H3/t15-/m0/s1. The number of rotatable bonds is 4. The number of piperazine rings is 1. The van der Waals surface area contributed by atoms with Crippen LogP contribution in [0, 0.1) is 6.92 Å². The lowest BCUT2D eigenvalue weighted by Crippen LogP contribution is -2.52. The van der Waals surface area contributed by atoms with Crippen molar-refractivity contribution in [2.45, 2.75) is 26.5 Å². The predicted molar refractivity (Wildman–Crippen MR) is 93.1 cm³/mol. The van der Waals surface area contributed by atoms with Crippen molar-refractivity contribution in [1.29, 1.82) is 0 Å². The minimum absolute atomic E-state index is 0.0860. The summed E-state index contributed by atoms with van der Waals surface area (Å²) in [6.45, 7) is 6.87. The number of nitrogens with zero attached hydrogens (tertiary/aromatic N) is 2. The predicted octanol–water partition coefficient (Wildman–Crippen LogP) is 2.40. The van der Waals surface area contributed by atoms with Gasteiger partial charge in [-0.15, -0.1) is 0 Å². The molecule has 1 aromatic heterocycles. The molecule has 1 saturated heterocycles. The average Bonchev–Trinajstić information content (AvgIpc) is 2.61. The van der Waals surface area contributed by atoms with Crippen molar-refractivity contribution in [3.8, 4) is 5.75 Å². The Morgan fingerprint density at radius 1 is 1.38 bits per heavy atom. The summed E-state index contributed by atoms with van der Waals surface area (Å²) < 4.78 is 5.75. The molecule has 3 rings (SSSR count). The lowest BCUT2D eigenvalue weighted by atomic mass is 10.1. The summed E-state index contributed by atoms with van der Waals surface area (Å²) in [5.74, 6) is 0.816. The molecule has 0 aliphatic carbocycles. The highest BCUT2D eigenvalue weighted by atomic mass is 16.5. The first-order chi connectivity index (χ1) is 11.6. The van der Waals surface area contributed by atoms with Crippen molar-refractivity contribution in [1.82, 2.24) is 15.2 Å². The quantitative estimate of drug-likeness (QED) is 0.938. The molecule has 2 heterocycles. The van der Waals surface area contributed by atoms with Crippen molar-refractivity contribution in [3.05, 3.63) is 59.4 Å². The number of hydrogen-bond acceptors (Lipinski definition) is 4. The SMILES string of the molecule is Cc1ccc(OCc2cccc(C(=O)N3CCNC[C@@H]3C)c2)cn1.